The smallest absolute Gasteiger partial charge is 0.0451 e. The van der Waals surface area contributed by atoms with Gasteiger partial charge in [0, 0.05) is 12.6 Å². The summed E-state index contributed by atoms with van der Waals surface area (Å²) in [6, 6.07) is 0. The summed E-state index contributed by atoms with van der Waals surface area (Å²) in [5, 5.41) is -0.244. The van der Waals surface area contributed by atoms with Crippen molar-refractivity contribution in [2.45, 2.75) is 12.3 Å². The lowest BCUT2D eigenvalue weighted by Gasteiger charge is -1.85. The Hall–Kier alpha value is 0.580. The lowest BCUT2D eigenvalue weighted by molar-refractivity contribution is 1.11. The average Bonchev–Trinajstić information content (AvgIpc) is 1.36. The Morgan fingerprint density at radius 3 is 2.40 bits per heavy atom. The molecule has 0 amide bonds. The zero-order valence-electron chi connectivity index (χ0n) is 3.91. The third kappa shape index (κ3) is 4.58. The predicted octanol–water partition coefficient (Wildman–Crippen LogP) is 1.85. The molecular formula is C3H6Cl2. The molecule has 0 radical (unpaired) electrons. The van der Waals surface area contributed by atoms with Crippen molar-refractivity contribution < 1.29 is 1.37 Å². The summed E-state index contributed by atoms with van der Waals surface area (Å²) >= 11 is 10.4. The van der Waals surface area contributed by atoms with Crippen LogP contribution in [0.5, 0.6) is 0 Å². The van der Waals surface area contributed by atoms with Crippen molar-refractivity contribution in [2.24, 2.45) is 0 Å². The van der Waals surface area contributed by atoms with Gasteiger partial charge in [0.1, 0.15) is 0 Å². The maximum absolute atomic E-state index is 6.67. The first-order valence-corrected chi connectivity index (χ1v) is 2.22. The Bertz CT molecular complexity index is 29.8. The molecule has 0 heterocycles. The molecule has 0 N–H and O–H groups in total. The van der Waals surface area contributed by atoms with Crippen LogP contribution in [0, 0.1) is 0 Å². The van der Waals surface area contributed by atoms with Crippen molar-refractivity contribution >= 4 is 23.2 Å². The highest BCUT2D eigenvalue weighted by molar-refractivity contribution is 6.27. The van der Waals surface area contributed by atoms with Gasteiger partial charge in [0.2, 0.25) is 0 Å². The van der Waals surface area contributed by atoms with Crippen LogP contribution < -0.4 is 0 Å². The predicted molar refractivity (Wildman–Crippen MR) is 26.0 cm³/mol. The van der Waals surface area contributed by atoms with Gasteiger partial charge in [-0.25, -0.2) is 0 Å². The van der Waals surface area contributed by atoms with Crippen molar-refractivity contribution in [3.8, 4) is 0 Å². The summed E-state index contributed by atoms with van der Waals surface area (Å²) in [6.07, 6.45) is 0. The van der Waals surface area contributed by atoms with E-state index < -0.39 is 5.86 Å². The molecule has 0 saturated heterocycles. The van der Waals surface area contributed by atoms with Gasteiger partial charge in [0.05, 0.1) is 0 Å². The quantitative estimate of drug-likeness (QED) is 0.456. The highest BCUT2D eigenvalue weighted by Crippen LogP contribution is 1.93. The Morgan fingerprint density at radius 1 is 2.20 bits per heavy atom. The van der Waals surface area contributed by atoms with Crippen LogP contribution in [0.4, 0.5) is 0 Å². The van der Waals surface area contributed by atoms with Crippen LogP contribution in [0.1, 0.15) is 8.29 Å². The molecule has 0 saturated carbocycles. The van der Waals surface area contributed by atoms with E-state index in [0.717, 1.165) is 0 Å². The second-order valence-corrected chi connectivity index (χ2v) is 1.74. The first-order chi connectivity index (χ1) is 2.64. The van der Waals surface area contributed by atoms with Gasteiger partial charge < -0.3 is 0 Å². The van der Waals surface area contributed by atoms with Crippen LogP contribution in [0.2, 0.25) is 0 Å². The molecule has 0 aliphatic rings. The first-order valence-electron chi connectivity index (χ1n) is 1.92. The zero-order chi connectivity index (χ0) is 5.15. The van der Waals surface area contributed by atoms with Gasteiger partial charge in [0.15, 0.2) is 0 Å². The molecule has 0 aromatic carbocycles. The summed E-state index contributed by atoms with van der Waals surface area (Å²) in [4.78, 5) is 0. The normalized spacial score (nSPS) is 24.2. The van der Waals surface area contributed by atoms with Crippen LogP contribution in [-0.4, -0.2) is 11.2 Å². The zero-order valence-corrected chi connectivity index (χ0v) is 4.42. The summed E-state index contributed by atoms with van der Waals surface area (Å²) in [5.41, 5.74) is 0. The standard InChI is InChI=1S/C3H6Cl2/c1-3(5)2-4/h3H,2H2,1H3/i2D. The summed E-state index contributed by atoms with van der Waals surface area (Å²) in [6.45, 7) is 1.69. The molecule has 0 aliphatic heterocycles. The minimum Gasteiger partial charge on any atom is -0.125 e. The van der Waals surface area contributed by atoms with Gasteiger partial charge in [-0.05, 0) is 6.92 Å². The van der Waals surface area contributed by atoms with E-state index >= 15 is 0 Å². The monoisotopic (exact) mass is 113 g/mol. The third-order valence-corrected chi connectivity index (χ3v) is 0.807. The molecule has 0 fully saturated rings. The molecule has 0 aliphatic carbocycles. The lowest BCUT2D eigenvalue weighted by Crippen LogP contribution is -1.87. The Morgan fingerprint density at radius 2 is 2.40 bits per heavy atom. The van der Waals surface area contributed by atoms with Crippen molar-refractivity contribution in [3.63, 3.8) is 0 Å². The number of rotatable bonds is 1. The highest BCUT2D eigenvalue weighted by atomic mass is 35.5. The van der Waals surface area contributed by atoms with E-state index in [1.54, 1.807) is 6.92 Å². The van der Waals surface area contributed by atoms with E-state index in [0.29, 0.717) is 0 Å². The molecule has 0 aromatic heterocycles. The van der Waals surface area contributed by atoms with Crippen LogP contribution in [0.25, 0.3) is 0 Å². The van der Waals surface area contributed by atoms with Gasteiger partial charge in [-0.2, -0.15) is 0 Å². The van der Waals surface area contributed by atoms with Crippen molar-refractivity contribution in [2.75, 3.05) is 5.86 Å². The number of hydrogen-bond donors (Lipinski definition) is 0. The maximum Gasteiger partial charge on any atom is 0.0451 e. The van der Waals surface area contributed by atoms with E-state index in [2.05, 4.69) is 0 Å². The minimum absolute atomic E-state index is 0.244. The van der Waals surface area contributed by atoms with Crippen LogP contribution in [0.15, 0.2) is 0 Å². The minimum atomic E-state index is -0.660. The molecule has 5 heavy (non-hydrogen) atoms. The van der Waals surface area contributed by atoms with E-state index in [1.807, 2.05) is 0 Å². The highest BCUT2D eigenvalue weighted by Gasteiger charge is 1.85. The Kier molecular flexibility index (Phi) is 2.10. The molecule has 2 heteroatoms. The van der Waals surface area contributed by atoms with Gasteiger partial charge in [-0.15, -0.1) is 23.2 Å². The van der Waals surface area contributed by atoms with E-state index in [-0.39, 0.29) is 5.38 Å². The molecule has 32 valence electrons. The number of hydrogen-bond acceptors (Lipinski definition) is 0. The van der Waals surface area contributed by atoms with E-state index in [1.165, 1.54) is 0 Å². The van der Waals surface area contributed by atoms with Crippen LogP contribution in [0.3, 0.4) is 0 Å². The third-order valence-electron chi connectivity index (χ3n) is 0.174. The van der Waals surface area contributed by atoms with Crippen molar-refractivity contribution in [1.29, 1.82) is 0 Å². The Balaban J connectivity index is 2.99. The second kappa shape index (κ2) is 2.80. The fourth-order valence-corrected chi connectivity index (χ4v) is 0. The van der Waals surface area contributed by atoms with Crippen molar-refractivity contribution in [3.05, 3.63) is 0 Å². The van der Waals surface area contributed by atoms with Gasteiger partial charge in [-0.3, -0.25) is 0 Å². The second-order valence-electron chi connectivity index (χ2n) is 0.804. The molecule has 0 aromatic rings. The molecule has 2 atom stereocenters. The number of halogens is 2. The molecule has 0 nitrogen and oxygen atoms in total. The lowest BCUT2D eigenvalue weighted by atomic mass is 10.6. The summed E-state index contributed by atoms with van der Waals surface area (Å²) < 4.78 is 6.67. The SMILES string of the molecule is [2H]C(Cl)C(C)Cl. The molecule has 0 spiro atoms. The largest absolute Gasteiger partial charge is 0.125 e. The molecular weight excluding hydrogens is 107 g/mol. The van der Waals surface area contributed by atoms with Gasteiger partial charge in [0.25, 0.3) is 0 Å². The van der Waals surface area contributed by atoms with Crippen LogP contribution >= 0.6 is 23.2 Å². The number of alkyl halides is 2. The average molecular weight is 114 g/mol. The maximum atomic E-state index is 6.67. The topological polar surface area (TPSA) is 0 Å². The summed E-state index contributed by atoms with van der Waals surface area (Å²) in [7, 11) is 0. The Labute approximate surface area is 43.5 Å². The van der Waals surface area contributed by atoms with E-state index in [4.69, 9.17) is 24.6 Å². The molecule has 2 unspecified atom stereocenters. The fraction of sp³-hybridized carbons (Fsp3) is 1.00. The van der Waals surface area contributed by atoms with Crippen LogP contribution in [-0.2, 0) is 0 Å². The van der Waals surface area contributed by atoms with Crippen molar-refractivity contribution in [1.82, 2.24) is 0 Å². The molecule has 0 bridgehead atoms. The summed E-state index contributed by atoms with van der Waals surface area (Å²) in [5.74, 6) is -0.660. The molecule has 0 rings (SSSR count). The fourth-order valence-electron chi connectivity index (χ4n) is 0. The van der Waals surface area contributed by atoms with E-state index in [9.17, 15) is 0 Å². The van der Waals surface area contributed by atoms with Gasteiger partial charge >= 0.3 is 0 Å². The first kappa shape index (κ1) is 3.76. The van der Waals surface area contributed by atoms with Gasteiger partial charge in [-0.1, -0.05) is 0 Å².